The Labute approximate surface area is 138 Å². The first kappa shape index (κ1) is 17.7. The van der Waals surface area contributed by atoms with E-state index in [1.165, 1.54) is 0 Å². The van der Waals surface area contributed by atoms with Crippen LogP contribution in [0.25, 0.3) is 0 Å². The topological polar surface area (TPSA) is 83.6 Å². The molecular weight excluding hydrogens is 294 g/mol. The van der Waals surface area contributed by atoms with E-state index >= 15 is 0 Å². The number of nitrogens with zero attached hydrogens (tertiary/aromatic N) is 5. The molecule has 7 nitrogen and oxygen atoms in total. The number of carbonyl (C=O) groups is 1. The molecule has 2 fully saturated rings. The molecule has 0 aromatic carbocycles. The van der Waals surface area contributed by atoms with Crippen molar-refractivity contribution in [2.24, 2.45) is 5.92 Å². The van der Waals surface area contributed by atoms with Gasteiger partial charge in [-0.2, -0.15) is 10.5 Å². The molecule has 0 N–H and O–H groups in total. The van der Waals surface area contributed by atoms with Crippen LogP contribution in [0.2, 0.25) is 0 Å². The van der Waals surface area contributed by atoms with Gasteiger partial charge in [0.25, 0.3) is 0 Å². The third kappa shape index (κ3) is 5.80. The minimum Gasteiger partial charge on any atom is -0.378 e. The van der Waals surface area contributed by atoms with Crippen molar-refractivity contribution in [3.63, 3.8) is 0 Å². The van der Waals surface area contributed by atoms with Gasteiger partial charge in [-0.25, -0.2) is 0 Å². The van der Waals surface area contributed by atoms with Crippen molar-refractivity contribution in [1.82, 2.24) is 14.7 Å². The molecule has 1 amide bonds. The van der Waals surface area contributed by atoms with Gasteiger partial charge in [-0.3, -0.25) is 14.6 Å². The van der Waals surface area contributed by atoms with Crippen LogP contribution in [0, 0.1) is 28.6 Å². The van der Waals surface area contributed by atoms with E-state index in [2.05, 4.69) is 21.9 Å². The molecule has 126 valence electrons. The first-order valence-corrected chi connectivity index (χ1v) is 8.29. The maximum absolute atomic E-state index is 12.2. The molecule has 23 heavy (non-hydrogen) atoms. The summed E-state index contributed by atoms with van der Waals surface area (Å²) in [5, 5.41) is 17.8. The first-order chi connectivity index (χ1) is 11.2. The fourth-order valence-electron chi connectivity index (χ4n) is 2.98. The predicted molar refractivity (Wildman–Crippen MR) is 84.2 cm³/mol. The van der Waals surface area contributed by atoms with Gasteiger partial charge in [0.2, 0.25) is 5.91 Å². The SMILES string of the molecule is N#CCC[C@H](C#N)CN1CCN(CC(=O)N2CCOCC2)CC1. The number of ether oxygens (including phenoxy) is 1. The van der Waals surface area contributed by atoms with Gasteiger partial charge in [0, 0.05) is 52.2 Å². The van der Waals surface area contributed by atoms with Gasteiger partial charge in [0.05, 0.1) is 37.8 Å². The van der Waals surface area contributed by atoms with Crippen LogP contribution in [-0.2, 0) is 9.53 Å². The van der Waals surface area contributed by atoms with Crippen molar-refractivity contribution >= 4 is 5.91 Å². The zero-order chi connectivity index (χ0) is 16.5. The van der Waals surface area contributed by atoms with E-state index in [9.17, 15) is 4.79 Å². The summed E-state index contributed by atoms with van der Waals surface area (Å²) in [6.45, 7) is 7.33. The number of hydrogen-bond donors (Lipinski definition) is 0. The Balaban J connectivity index is 1.68. The van der Waals surface area contributed by atoms with Crippen LogP contribution in [0.4, 0.5) is 0 Å². The Hall–Kier alpha value is -1.67. The Morgan fingerprint density at radius 1 is 1.04 bits per heavy atom. The number of nitriles is 2. The molecule has 0 saturated carbocycles. The molecule has 0 spiro atoms. The van der Waals surface area contributed by atoms with Crippen LogP contribution in [0.5, 0.6) is 0 Å². The zero-order valence-corrected chi connectivity index (χ0v) is 13.6. The van der Waals surface area contributed by atoms with Crippen molar-refractivity contribution in [2.45, 2.75) is 12.8 Å². The van der Waals surface area contributed by atoms with Crippen LogP contribution in [0.15, 0.2) is 0 Å². The Morgan fingerprint density at radius 3 is 2.30 bits per heavy atom. The van der Waals surface area contributed by atoms with E-state index in [4.69, 9.17) is 15.3 Å². The average molecular weight is 319 g/mol. The summed E-state index contributed by atoms with van der Waals surface area (Å²) in [5.74, 6) is 0.113. The van der Waals surface area contributed by atoms with Crippen LogP contribution >= 0.6 is 0 Å². The van der Waals surface area contributed by atoms with Gasteiger partial charge >= 0.3 is 0 Å². The lowest BCUT2D eigenvalue weighted by Gasteiger charge is -2.36. The lowest BCUT2D eigenvalue weighted by Crippen LogP contribution is -2.52. The van der Waals surface area contributed by atoms with E-state index in [0.29, 0.717) is 45.7 Å². The van der Waals surface area contributed by atoms with Crippen molar-refractivity contribution in [2.75, 3.05) is 65.6 Å². The zero-order valence-electron chi connectivity index (χ0n) is 13.6. The summed E-state index contributed by atoms with van der Waals surface area (Å²) in [5.41, 5.74) is 0. The molecule has 0 aromatic heterocycles. The number of carbonyl (C=O) groups excluding carboxylic acids is 1. The van der Waals surface area contributed by atoms with Gasteiger partial charge in [0.15, 0.2) is 0 Å². The molecule has 0 radical (unpaired) electrons. The number of piperazine rings is 1. The lowest BCUT2D eigenvalue weighted by atomic mass is 10.0. The number of amides is 1. The van der Waals surface area contributed by atoms with Gasteiger partial charge in [0.1, 0.15) is 0 Å². The van der Waals surface area contributed by atoms with Crippen LogP contribution in [0.1, 0.15) is 12.8 Å². The van der Waals surface area contributed by atoms with Gasteiger partial charge in [-0.05, 0) is 6.42 Å². The smallest absolute Gasteiger partial charge is 0.236 e. The Morgan fingerprint density at radius 2 is 1.70 bits per heavy atom. The summed E-state index contributed by atoms with van der Waals surface area (Å²) in [7, 11) is 0. The highest BCUT2D eigenvalue weighted by atomic mass is 16.5. The van der Waals surface area contributed by atoms with Crippen LogP contribution in [0.3, 0.4) is 0 Å². The van der Waals surface area contributed by atoms with Crippen molar-refractivity contribution < 1.29 is 9.53 Å². The largest absolute Gasteiger partial charge is 0.378 e. The fraction of sp³-hybridized carbons (Fsp3) is 0.812. The van der Waals surface area contributed by atoms with Crippen molar-refractivity contribution in [1.29, 1.82) is 10.5 Å². The summed E-state index contributed by atoms with van der Waals surface area (Å²) in [4.78, 5) is 18.6. The molecule has 2 aliphatic rings. The second kappa shape index (κ2) is 9.46. The summed E-state index contributed by atoms with van der Waals surface area (Å²) in [6.07, 6.45) is 1.08. The molecule has 7 heteroatoms. The Bertz CT molecular complexity index is 456. The van der Waals surface area contributed by atoms with E-state index < -0.39 is 0 Å². The maximum Gasteiger partial charge on any atom is 0.236 e. The van der Waals surface area contributed by atoms with E-state index in [-0.39, 0.29) is 11.8 Å². The van der Waals surface area contributed by atoms with E-state index in [1.807, 2.05) is 4.90 Å². The second-order valence-corrected chi connectivity index (χ2v) is 6.09. The van der Waals surface area contributed by atoms with Gasteiger partial charge in [-0.15, -0.1) is 0 Å². The number of rotatable bonds is 6. The van der Waals surface area contributed by atoms with Gasteiger partial charge in [-0.1, -0.05) is 0 Å². The molecule has 1 atom stereocenters. The van der Waals surface area contributed by atoms with Crippen LogP contribution < -0.4 is 0 Å². The standard InChI is InChI=1S/C16H25N5O2/c17-3-1-2-15(12-18)13-19-4-6-20(7-5-19)14-16(22)21-8-10-23-11-9-21/h15H,1-2,4-11,13-14H2/t15-/m1/s1. The molecule has 2 heterocycles. The minimum atomic E-state index is -0.0730. The quantitative estimate of drug-likeness (QED) is 0.680. The molecule has 2 rings (SSSR count). The third-order valence-electron chi connectivity index (χ3n) is 4.45. The summed E-state index contributed by atoms with van der Waals surface area (Å²) < 4.78 is 5.27. The fourth-order valence-corrected chi connectivity index (χ4v) is 2.98. The minimum absolute atomic E-state index is 0.0730. The highest BCUT2D eigenvalue weighted by molar-refractivity contribution is 5.78. The van der Waals surface area contributed by atoms with Crippen molar-refractivity contribution in [3.8, 4) is 12.1 Å². The molecule has 2 aliphatic heterocycles. The molecule has 0 aliphatic carbocycles. The monoisotopic (exact) mass is 319 g/mol. The summed E-state index contributed by atoms with van der Waals surface area (Å²) in [6, 6.07) is 4.39. The summed E-state index contributed by atoms with van der Waals surface area (Å²) >= 11 is 0. The molecule has 2 saturated heterocycles. The average Bonchev–Trinajstić information content (AvgIpc) is 2.60. The van der Waals surface area contributed by atoms with E-state index in [0.717, 1.165) is 32.7 Å². The highest BCUT2D eigenvalue weighted by Crippen LogP contribution is 2.10. The second-order valence-electron chi connectivity index (χ2n) is 6.09. The van der Waals surface area contributed by atoms with Gasteiger partial charge < -0.3 is 9.64 Å². The molecular formula is C16H25N5O2. The van der Waals surface area contributed by atoms with E-state index in [1.54, 1.807) is 0 Å². The molecule has 0 aromatic rings. The predicted octanol–water partition coefficient (Wildman–Crippen LogP) is -0.0936. The van der Waals surface area contributed by atoms with Crippen LogP contribution in [-0.4, -0.2) is 86.2 Å². The third-order valence-corrected chi connectivity index (χ3v) is 4.45. The number of hydrogen-bond acceptors (Lipinski definition) is 6. The maximum atomic E-state index is 12.2. The number of morpholine rings is 1. The molecule has 0 unspecified atom stereocenters. The molecule has 0 bridgehead atoms. The Kier molecular flexibility index (Phi) is 7.28. The lowest BCUT2D eigenvalue weighted by molar-refractivity contribution is -0.136. The van der Waals surface area contributed by atoms with Crippen molar-refractivity contribution in [3.05, 3.63) is 0 Å². The normalized spacial score (nSPS) is 21.4. The first-order valence-electron chi connectivity index (χ1n) is 8.29. The highest BCUT2D eigenvalue weighted by Gasteiger charge is 2.24.